The second kappa shape index (κ2) is 8.06. The van der Waals surface area contributed by atoms with Gasteiger partial charge in [-0.15, -0.1) is 0 Å². The summed E-state index contributed by atoms with van der Waals surface area (Å²) in [7, 11) is -3.56. The van der Waals surface area contributed by atoms with Gasteiger partial charge in [0.05, 0.1) is 11.4 Å². The molecule has 1 aromatic heterocycles. The van der Waals surface area contributed by atoms with Gasteiger partial charge in [-0.2, -0.15) is 4.31 Å². The molecule has 0 saturated heterocycles. The maximum absolute atomic E-state index is 13.0. The third kappa shape index (κ3) is 4.28. The molecular weight excluding hydrogens is 358 g/mol. The second-order valence-electron chi connectivity index (χ2n) is 6.64. The zero-order valence-corrected chi connectivity index (χ0v) is 16.8. The molecule has 0 radical (unpaired) electrons. The maximum atomic E-state index is 13.0. The number of sulfonamides is 1. The third-order valence-electron chi connectivity index (χ3n) is 4.73. The van der Waals surface area contributed by atoms with Gasteiger partial charge in [-0.3, -0.25) is 0 Å². The molecule has 0 atom stereocenters. The normalized spacial score (nSPS) is 11.9. The van der Waals surface area contributed by atoms with E-state index < -0.39 is 10.0 Å². The van der Waals surface area contributed by atoms with E-state index in [-0.39, 0.29) is 6.54 Å². The van der Waals surface area contributed by atoms with Crippen molar-refractivity contribution < 1.29 is 8.42 Å². The van der Waals surface area contributed by atoms with Crippen LogP contribution < -0.4 is 0 Å². The van der Waals surface area contributed by atoms with Crippen molar-refractivity contribution in [2.24, 2.45) is 0 Å². The molecule has 27 heavy (non-hydrogen) atoms. The van der Waals surface area contributed by atoms with Crippen molar-refractivity contribution in [1.29, 1.82) is 0 Å². The van der Waals surface area contributed by atoms with Gasteiger partial charge in [0.25, 0.3) is 0 Å². The fraction of sp³-hybridized carbons (Fsp3) is 0.286. The lowest BCUT2D eigenvalue weighted by molar-refractivity contribution is 0.407. The van der Waals surface area contributed by atoms with Gasteiger partial charge in [-0.1, -0.05) is 48.9 Å². The Labute approximate surface area is 161 Å². The summed E-state index contributed by atoms with van der Waals surface area (Å²) in [5.74, 6) is 0.732. The average Bonchev–Trinajstić information content (AvgIpc) is 3.08. The number of aryl methyl sites for hydroxylation is 2. The molecule has 0 N–H and O–H groups in total. The molecule has 3 rings (SSSR count). The molecule has 0 spiro atoms. The van der Waals surface area contributed by atoms with Crippen molar-refractivity contribution in [3.8, 4) is 0 Å². The summed E-state index contributed by atoms with van der Waals surface area (Å²) in [5.41, 5.74) is 3.43. The SMILES string of the molecule is CCN(Cc1nccn1Cc1ccccc1C)S(=O)(=O)c1ccc(C)cc1. The number of rotatable bonds is 7. The van der Waals surface area contributed by atoms with Gasteiger partial charge >= 0.3 is 0 Å². The molecule has 0 bridgehead atoms. The first-order valence-corrected chi connectivity index (χ1v) is 10.5. The largest absolute Gasteiger partial charge is 0.329 e. The molecule has 0 unspecified atom stereocenters. The minimum atomic E-state index is -3.56. The van der Waals surface area contributed by atoms with Crippen LogP contribution in [0, 0.1) is 13.8 Å². The maximum Gasteiger partial charge on any atom is 0.243 e. The predicted octanol–water partition coefficient (Wildman–Crippen LogP) is 3.76. The Morgan fingerprint density at radius 2 is 1.74 bits per heavy atom. The van der Waals surface area contributed by atoms with Gasteiger partial charge in [0, 0.05) is 25.5 Å². The van der Waals surface area contributed by atoms with E-state index in [2.05, 4.69) is 24.0 Å². The summed E-state index contributed by atoms with van der Waals surface area (Å²) in [4.78, 5) is 4.72. The highest BCUT2D eigenvalue weighted by atomic mass is 32.2. The molecule has 2 aromatic carbocycles. The number of nitrogens with zero attached hydrogens (tertiary/aromatic N) is 3. The first-order valence-electron chi connectivity index (χ1n) is 9.03. The van der Waals surface area contributed by atoms with Gasteiger partial charge in [0.15, 0.2) is 0 Å². The zero-order valence-electron chi connectivity index (χ0n) is 16.0. The lowest BCUT2D eigenvalue weighted by atomic mass is 10.1. The first-order chi connectivity index (χ1) is 12.9. The highest BCUT2D eigenvalue weighted by Gasteiger charge is 2.24. The molecule has 0 saturated carbocycles. The number of hydrogen-bond donors (Lipinski definition) is 0. The van der Waals surface area contributed by atoms with E-state index >= 15 is 0 Å². The quantitative estimate of drug-likeness (QED) is 0.624. The van der Waals surface area contributed by atoms with Gasteiger partial charge in [-0.05, 0) is 37.1 Å². The van der Waals surface area contributed by atoms with E-state index in [1.165, 1.54) is 15.4 Å². The Morgan fingerprint density at radius 1 is 1.04 bits per heavy atom. The Morgan fingerprint density at radius 3 is 2.41 bits per heavy atom. The molecule has 142 valence electrons. The van der Waals surface area contributed by atoms with Crippen molar-refractivity contribution in [3.05, 3.63) is 83.4 Å². The molecule has 0 aliphatic heterocycles. The number of imidazole rings is 1. The first kappa shape index (κ1) is 19.3. The van der Waals surface area contributed by atoms with Gasteiger partial charge in [-0.25, -0.2) is 13.4 Å². The van der Waals surface area contributed by atoms with E-state index in [1.807, 2.05) is 48.9 Å². The number of aromatic nitrogens is 2. The second-order valence-corrected chi connectivity index (χ2v) is 8.58. The van der Waals surface area contributed by atoms with E-state index in [1.54, 1.807) is 18.3 Å². The molecule has 1 heterocycles. The van der Waals surface area contributed by atoms with Crippen LogP contribution in [0.15, 0.2) is 65.8 Å². The summed E-state index contributed by atoms with van der Waals surface area (Å²) in [6, 6.07) is 15.1. The van der Waals surface area contributed by atoms with Crippen LogP contribution in [-0.2, 0) is 23.1 Å². The molecule has 3 aromatic rings. The van der Waals surface area contributed by atoms with Crippen LogP contribution in [0.4, 0.5) is 0 Å². The Bertz CT molecular complexity index is 1010. The highest BCUT2D eigenvalue weighted by molar-refractivity contribution is 7.89. The zero-order chi connectivity index (χ0) is 19.4. The minimum Gasteiger partial charge on any atom is -0.329 e. The third-order valence-corrected chi connectivity index (χ3v) is 6.67. The minimum absolute atomic E-state index is 0.242. The van der Waals surface area contributed by atoms with Crippen LogP contribution in [0.5, 0.6) is 0 Å². The standard InChI is InChI=1S/C21H25N3O2S/c1-4-24(27(25,26)20-11-9-17(2)10-12-20)16-21-22-13-14-23(21)15-19-8-6-5-7-18(19)3/h5-14H,4,15-16H2,1-3H3. The molecule has 0 aliphatic rings. The molecule has 0 fully saturated rings. The van der Waals surface area contributed by atoms with Crippen molar-refractivity contribution in [2.45, 2.75) is 38.8 Å². The van der Waals surface area contributed by atoms with Crippen LogP contribution >= 0.6 is 0 Å². The van der Waals surface area contributed by atoms with E-state index in [9.17, 15) is 8.42 Å². The van der Waals surface area contributed by atoms with Crippen molar-refractivity contribution in [2.75, 3.05) is 6.54 Å². The van der Waals surface area contributed by atoms with Crippen LogP contribution in [0.2, 0.25) is 0 Å². The van der Waals surface area contributed by atoms with E-state index in [0.717, 1.165) is 11.4 Å². The molecule has 0 aliphatic carbocycles. The smallest absolute Gasteiger partial charge is 0.243 e. The van der Waals surface area contributed by atoms with Gasteiger partial charge in [0.2, 0.25) is 10.0 Å². The summed E-state index contributed by atoms with van der Waals surface area (Å²) in [6.07, 6.45) is 3.62. The Balaban J connectivity index is 1.84. The molecule has 0 amide bonds. The van der Waals surface area contributed by atoms with Crippen LogP contribution in [-0.4, -0.2) is 28.8 Å². The average molecular weight is 384 g/mol. The monoisotopic (exact) mass is 383 g/mol. The summed E-state index contributed by atoms with van der Waals surface area (Å²) < 4.78 is 29.5. The summed E-state index contributed by atoms with van der Waals surface area (Å²) in [6.45, 7) is 7.16. The van der Waals surface area contributed by atoms with E-state index in [4.69, 9.17) is 0 Å². The molecule has 6 heteroatoms. The van der Waals surface area contributed by atoms with Crippen LogP contribution in [0.25, 0.3) is 0 Å². The van der Waals surface area contributed by atoms with Crippen LogP contribution in [0.1, 0.15) is 29.4 Å². The number of benzene rings is 2. The van der Waals surface area contributed by atoms with Gasteiger partial charge < -0.3 is 4.57 Å². The molecule has 5 nitrogen and oxygen atoms in total. The van der Waals surface area contributed by atoms with Gasteiger partial charge in [0.1, 0.15) is 5.82 Å². The predicted molar refractivity (Wildman–Crippen MR) is 107 cm³/mol. The highest BCUT2D eigenvalue weighted by Crippen LogP contribution is 2.19. The fourth-order valence-electron chi connectivity index (χ4n) is 2.99. The number of hydrogen-bond acceptors (Lipinski definition) is 3. The van der Waals surface area contributed by atoms with E-state index in [0.29, 0.717) is 18.0 Å². The van der Waals surface area contributed by atoms with Crippen molar-refractivity contribution >= 4 is 10.0 Å². The Hall–Kier alpha value is -2.44. The summed E-state index contributed by atoms with van der Waals surface area (Å²) in [5, 5.41) is 0. The van der Waals surface area contributed by atoms with Crippen molar-refractivity contribution in [1.82, 2.24) is 13.9 Å². The lowest BCUT2D eigenvalue weighted by Gasteiger charge is -2.21. The molecular formula is C21H25N3O2S. The fourth-order valence-corrected chi connectivity index (χ4v) is 4.39. The lowest BCUT2D eigenvalue weighted by Crippen LogP contribution is -2.31. The Kier molecular flexibility index (Phi) is 5.77. The van der Waals surface area contributed by atoms with Crippen LogP contribution in [0.3, 0.4) is 0 Å². The summed E-state index contributed by atoms with van der Waals surface area (Å²) >= 11 is 0. The van der Waals surface area contributed by atoms with Crippen molar-refractivity contribution in [3.63, 3.8) is 0 Å². The topological polar surface area (TPSA) is 55.2 Å².